The average molecular weight is 359 g/mol. The van der Waals surface area contributed by atoms with Crippen LogP contribution in [0.3, 0.4) is 0 Å². The van der Waals surface area contributed by atoms with E-state index >= 15 is 0 Å². The summed E-state index contributed by atoms with van der Waals surface area (Å²) in [7, 11) is 0. The second-order valence-corrected chi connectivity index (χ2v) is 6.50. The van der Waals surface area contributed by atoms with Gasteiger partial charge in [0.2, 0.25) is 5.95 Å². The van der Waals surface area contributed by atoms with Crippen LogP contribution in [-0.4, -0.2) is 53.8 Å². The molecule has 2 saturated heterocycles. The molecule has 2 aliphatic rings. The van der Waals surface area contributed by atoms with Gasteiger partial charge >= 0.3 is 0 Å². The van der Waals surface area contributed by atoms with E-state index in [1.165, 1.54) is 6.07 Å². The third-order valence-corrected chi connectivity index (χ3v) is 4.83. The van der Waals surface area contributed by atoms with Crippen molar-refractivity contribution in [2.45, 2.75) is 25.0 Å². The van der Waals surface area contributed by atoms with Crippen molar-refractivity contribution in [2.24, 2.45) is 0 Å². The van der Waals surface area contributed by atoms with Crippen molar-refractivity contribution in [3.63, 3.8) is 0 Å². The summed E-state index contributed by atoms with van der Waals surface area (Å²) in [6.07, 6.45) is 3.75. The van der Waals surface area contributed by atoms with Gasteiger partial charge in [-0.05, 0) is 18.1 Å². The van der Waals surface area contributed by atoms with Gasteiger partial charge in [-0.15, -0.1) is 5.10 Å². The zero-order valence-corrected chi connectivity index (χ0v) is 14.5. The van der Waals surface area contributed by atoms with E-state index in [9.17, 15) is 4.39 Å². The van der Waals surface area contributed by atoms with Gasteiger partial charge in [0.1, 0.15) is 5.82 Å². The van der Waals surface area contributed by atoms with Crippen LogP contribution < -0.4 is 10.2 Å². The minimum atomic E-state index is -0.417. The molecule has 1 aromatic carbocycles. The fourth-order valence-corrected chi connectivity index (χ4v) is 3.37. The van der Waals surface area contributed by atoms with E-state index in [0.717, 1.165) is 25.9 Å². The second-order valence-electron chi connectivity index (χ2n) is 6.50. The largest absolute Gasteiger partial charge is 0.368 e. The van der Waals surface area contributed by atoms with E-state index in [-0.39, 0.29) is 5.82 Å². The number of ether oxygens (including phenoxy) is 2. The molecule has 0 radical (unpaired) electrons. The Hall–Kier alpha value is -2.32. The van der Waals surface area contributed by atoms with Crippen molar-refractivity contribution >= 4 is 11.8 Å². The number of anilines is 2. The van der Waals surface area contributed by atoms with E-state index < -0.39 is 5.79 Å². The summed E-state index contributed by atoms with van der Waals surface area (Å²) in [6.45, 7) is 3.43. The van der Waals surface area contributed by atoms with Gasteiger partial charge < -0.3 is 19.7 Å². The lowest BCUT2D eigenvalue weighted by Crippen LogP contribution is -2.45. The molecule has 0 amide bonds. The Morgan fingerprint density at radius 3 is 2.69 bits per heavy atom. The smallest absolute Gasteiger partial charge is 0.247 e. The Morgan fingerprint density at radius 2 is 1.92 bits per heavy atom. The first kappa shape index (κ1) is 17.1. The molecule has 0 unspecified atom stereocenters. The highest BCUT2D eigenvalue weighted by Gasteiger charge is 2.40. The predicted octanol–water partition coefficient (Wildman–Crippen LogP) is 2.01. The quantitative estimate of drug-likeness (QED) is 0.875. The fraction of sp³-hybridized carbons (Fsp3) is 0.500. The van der Waals surface area contributed by atoms with Crippen LogP contribution in [0.4, 0.5) is 16.2 Å². The standard InChI is InChI=1S/C18H22FN5O2/c19-15-4-2-1-3-14(15)5-8-20-16-13-21-23-17(22-16)24-9-6-18(7-10-24)25-11-12-26-18/h1-4,13H,5-12H2,(H,20,22,23). The second kappa shape index (κ2) is 7.51. The third-order valence-electron chi connectivity index (χ3n) is 4.83. The SMILES string of the molecule is Fc1ccccc1CCNc1cnnc(N2CCC3(CC2)OCCO3)n1. The number of benzene rings is 1. The number of piperidine rings is 1. The number of hydrogen-bond donors (Lipinski definition) is 1. The van der Waals surface area contributed by atoms with Gasteiger partial charge in [-0.3, -0.25) is 0 Å². The molecule has 1 N–H and O–H groups in total. The third kappa shape index (κ3) is 3.76. The molecule has 4 rings (SSSR count). The molecule has 2 aromatic rings. The first-order valence-corrected chi connectivity index (χ1v) is 8.94. The van der Waals surface area contributed by atoms with Crippen LogP contribution in [0.2, 0.25) is 0 Å². The summed E-state index contributed by atoms with van der Waals surface area (Å²) in [5.41, 5.74) is 0.681. The first-order chi connectivity index (χ1) is 12.7. The molecule has 2 fully saturated rings. The molecule has 1 aromatic heterocycles. The molecule has 26 heavy (non-hydrogen) atoms. The Morgan fingerprint density at radius 1 is 1.15 bits per heavy atom. The zero-order valence-electron chi connectivity index (χ0n) is 14.5. The number of nitrogens with one attached hydrogen (secondary N) is 1. The van der Waals surface area contributed by atoms with Crippen LogP contribution in [-0.2, 0) is 15.9 Å². The van der Waals surface area contributed by atoms with Crippen LogP contribution in [0.25, 0.3) is 0 Å². The molecule has 0 atom stereocenters. The van der Waals surface area contributed by atoms with Crippen molar-refractivity contribution in [3.05, 3.63) is 41.8 Å². The summed E-state index contributed by atoms with van der Waals surface area (Å²) in [6, 6.07) is 6.79. The highest BCUT2D eigenvalue weighted by Crippen LogP contribution is 2.32. The zero-order chi connectivity index (χ0) is 17.8. The molecule has 0 bridgehead atoms. The molecule has 138 valence electrons. The molecular weight excluding hydrogens is 337 g/mol. The minimum absolute atomic E-state index is 0.186. The van der Waals surface area contributed by atoms with Gasteiger partial charge in [0, 0.05) is 32.5 Å². The number of nitrogens with zero attached hydrogens (tertiary/aromatic N) is 4. The van der Waals surface area contributed by atoms with E-state index in [1.807, 2.05) is 6.07 Å². The molecule has 0 aliphatic carbocycles. The summed E-state index contributed by atoms with van der Waals surface area (Å²) in [5, 5.41) is 11.4. The maximum Gasteiger partial charge on any atom is 0.247 e. The normalized spacial score (nSPS) is 19.0. The molecule has 7 nitrogen and oxygen atoms in total. The highest BCUT2D eigenvalue weighted by atomic mass is 19.1. The van der Waals surface area contributed by atoms with Gasteiger partial charge in [-0.1, -0.05) is 18.2 Å². The van der Waals surface area contributed by atoms with Gasteiger partial charge in [-0.2, -0.15) is 10.1 Å². The molecule has 2 aliphatic heterocycles. The molecule has 1 spiro atoms. The lowest BCUT2D eigenvalue weighted by atomic mass is 10.0. The van der Waals surface area contributed by atoms with Gasteiger partial charge in [0.15, 0.2) is 11.6 Å². The molecule has 3 heterocycles. The molecular formula is C18H22FN5O2. The van der Waals surface area contributed by atoms with Gasteiger partial charge in [0.25, 0.3) is 0 Å². The number of halogens is 1. The number of aromatic nitrogens is 3. The summed E-state index contributed by atoms with van der Waals surface area (Å²) in [5.74, 6) is 0.627. The molecule has 8 heteroatoms. The van der Waals surface area contributed by atoms with Crippen LogP contribution in [0.5, 0.6) is 0 Å². The minimum Gasteiger partial charge on any atom is -0.368 e. The van der Waals surface area contributed by atoms with E-state index in [1.54, 1.807) is 18.3 Å². The van der Waals surface area contributed by atoms with E-state index in [0.29, 0.717) is 43.5 Å². The maximum atomic E-state index is 13.7. The van der Waals surface area contributed by atoms with Crippen molar-refractivity contribution in [2.75, 3.05) is 43.1 Å². The first-order valence-electron chi connectivity index (χ1n) is 8.94. The van der Waals surface area contributed by atoms with Crippen molar-refractivity contribution in [3.8, 4) is 0 Å². The summed E-state index contributed by atoms with van der Waals surface area (Å²) >= 11 is 0. The lowest BCUT2D eigenvalue weighted by Gasteiger charge is -2.37. The van der Waals surface area contributed by atoms with Crippen LogP contribution in [0.1, 0.15) is 18.4 Å². The van der Waals surface area contributed by atoms with Crippen molar-refractivity contribution in [1.29, 1.82) is 0 Å². The maximum absolute atomic E-state index is 13.7. The van der Waals surface area contributed by atoms with Crippen molar-refractivity contribution in [1.82, 2.24) is 15.2 Å². The monoisotopic (exact) mass is 359 g/mol. The Bertz CT molecular complexity index is 744. The van der Waals surface area contributed by atoms with Crippen LogP contribution in [0.15, 0.2) is 30.5 Å². The highest BCUT2D eigenvalue weighted by molar-refractivity contribution is 5.39. The fourth-order valence-electron chi connectivity index (χ4n) is 3.37. The summed E-state index contributed by atoms with van der Waals surface area (Å²) < 4.78 is 25.1. The van der Waals surface area contributed by atoms with Crippen molar-refractivity contribution < 1.29 is 13.9 Å². The topological polar surface area (TPSA) is 72.4 Å². The average Bonchev–Trinajstić information content (AvgIpc) is 3.12. The van der Waals surface area contributed by atoms with Crippen LogP contribution in [0, 0.1) is 5.82 Å². The molecule has 0 saturated carbocycles. The van der Waals surface area contributed by atoms with Crippen LogP contribution >= 0.6 is 0 Å². The number of rotatable bonds is 5. The number of hydrogen-bond acceptors (Lipinski definition) is 7. The van der Waals surface area contributed by atoms with Gasteiger partial charge in [-0.25, -0.2) is 4.39 Å². The Labute approximate surface area is 151 Å². The summed E-state index contributed by atoms with van der Waals surface area (Å²) in [4.78, 5) is 6.62. The lowest BCUT2D eigenvalue weighted by molar-refractivity contribution is -0.169. The predicted molar refractivity (Wildman–Crippen MR) is 94.5 cm³/mol. The Balaban J connectivity index is 1.33. The van der Waals surface area contributed by atoms with E-state index in [2.05, 4.69) is 25.4 Å². The Kier molecular flexibility index (Phi) is 4.94. The van der Waals surface area contributed by atoms with E-state index in [4.69, 9.17) is 9.47 Å². The van der Waals surface area contributed by atoms with Gasteiger partial charge in [0.05, 0.1) is 19.4 Å².